The highest BCUT2D eigenvalue weighted by Crippen LogP contribution is 2.12. The third-order valence-corrected chi connectivity index (χ3v) is 2.02. The minimum atomic E-state index is -0.401. The van der Waals surface area contributed by atoms with Crippen molar-refractivity contribution in [3.8, 4) is 0 Å². The lowest BCUT2D eigenvalue weighted by atomic mass is 10.1. The molecule has 72 valence electrons. The highest BCUT2D eigenvalue weighted by Gasteiger charge is 2.30. The summed E-state index contributed by atoms with van der Waals surface area (Å²) in [5.41, 5.74) is 0. The van der Waals surface area contributed by atoms with Crippen LogP contribution in [0.5, 0.6) is 0 Å². The van der Waals surface area contributed by atoms with Gasteiger partial charge in [0.15, 0.2) is 0 Å². The Morgan fingerprint density at radius 2 is 1.54 bits per heavy atom. The molecule has 13 heavy (non-hydrogen) atoms. The second-order valence-corrected chi connectivity index (χ2v) is 3.05. The van der Waals surface area contributed by atoms with Crippen molar-refractivity contribution in [1.29, 1.82) is 0 Å². The lowest BCUT2D eigenvalue weighted by Gasteiger charge is -2.11. The number of hydrogen-bond donors (Lipinski definition) is 2. The number of carbonyl (C=O) groups is 2. The summed E-state index contributed by atoms with van der Waals surface area (Å²) in [6, 6.07) is 0. The van der Waals surface area contributed by atoms with E-state index in [1.165, 1.54) is 0 Å². The molecule has 2 rings (SSSR count). The summed E-state index contributed by atoms with van der Waals surface area (Å²) >= 11 is 0. The van der Waals surface area contributed by atoms with E-state index in [0.29, 0.717) is 19.5 Å². The number of ether oxygens (including phenoxy) is 2. The Balaban J connectivity index is 1.78. The van der Waals surface area contributed by atoms with Crippen LogP contribution in [0.3, 0.4) is 0 Å². The Labute approximate surface area is 74.6 Å². The minimum Gasteiger partial charge on any atom is -0.444 e. The first-order chi connectivity index (χ1) is 6.24. The second-order valence-electron chi connectivity index (χ2n) is 3.05. The monoisotopic (exact) mass is 186 g/mol. The average Bonchev–Trinajstić information content (AvgIpc) is 2.62. The molecule has 2 unspecified atom stereocenters. The predicted octanol–water partition coefficient (Wildman–Crippen LogP) is -0.407. The Morgan fingerprint density at radius 1 is 1.08 bits per heavy atom. The van der Waals surface area contributed by atoms with E-state index >= 15 is 0 Å². The summed E-state index contributed by atoms with van der Waals surface area (Å²) in [5.74, 6) is 0. The standard InChI is InChI=1S/C7H10N2O4/c10-6-8-2-4(12-6)1-5-3-9-7(11)13-5/h4-5H,1-3H2,(H,8,10)(H,9,11). The summed E-state index contributed by atoms with van der Waals surface area (Å²) in [6.07, 6.45) is -0.600. The molecule has 6 nitrogen and oxygen atoms in total. The quantitative estimate of drug-likeness (QED) is 0.614. The number of rotatable bonds is 2. The van der Waals surface area contributed by atoms with Crippen LogP contribution in [0.2, 0.25) is 0 Å². The van der Waals surface area contributed by atoms with Crippen molar-refractivity contribution in [2.75, 3.05) is 13.1 Å². The zero-order valence-electron chi connectivity index (χ0n) is 6.91. The van der Waals surface area contributed by atoms with Crippen molar-refractivity contribution in [2.45, 2.75) is 18.6 Å². The van der Waals surface area contributed by atoms with Crippen LogP contribution in [0.4, 0.5) is 9.59 Å². The predicted molar refractivity (Wildman–Crippen MR) is 41.2 cm³/mol. The molecule has 0 aromatic heterocycles. The third-order valence-electron chi connectivity index (χ3n) is 2.02. The van der Waals surface area contributed by atoms with E-state index in [1.807, 2.05) is 0 Å². The number of amides is 2. The zero-order valence-corrected chi connectivity index (χ0v) is 6.91. The maximum atomic E-state index is 10.6. The largest absolute Gasteiger partial charge is 0.444 e. The maximum Gasteiger partial charge on any atom is 0.407 e. The van der Waals surface area contributed by atoms with E-state index in [1.54, 1.807) is 0 Å². The highest BCUT2D eigenvalue weighted by molar-refractivity contribution is 5.70. The van der Waals surface area contributed by atoms with E-state index in [0.717, 1.165) is 0 Å². The van der Waals surface area contributed by atoms with Crippen molar-refractivity contribution in [3.63, 3.8) is 0 Å². The molecule has 0 aliphatic carbocycles. The van der Waals surface area contributed by atoms with Gasteiger partial charge in [0.25, 0.3) is 0 Å². The first kappa shape index (κ1) is 8.15. The smallest absolute Gasteiger partial charge is 0.407 e. The van der Waals surface area contributed by atoms with E-state index in [4.69, 9.17) is 9.47 Å². The van der Waals surface area contributed by atoms with Crippen molar-refractivity contribution in [2.24, 2.45) is 0 Å². The second kappa shape index (κ2) is 3.12. The minimum absolute atomic E-state index is 0.176. The molecule has 2 aliphatic heterocycles. The fraction of sp³-hybridized carbons (Fsp3) is 0.714. The molecule has 0 aromatic rings. The van der Waals surface area contributed by atoms with Gasteiger partial charge < -0.3 is 20.1 Å². The third kappa shape index (κ3) is 1.82. The van der Waals surface area contributed by atoms with Gasteiger partial charge in [0, 0.05) is 6.42 Å². The fourth-order valence-electron chi connectivity index (χ4n) is 1.42. The van der Waals surface area contributed by atoms with Crippen LogP contribution >= 0.6 is 0 Å². The maximum absolute atomic E-state index is 10.6. The van der Waals surface area contributed by atoms with Gasteiger partial charge in [-0.3, -0.25) is 0 Å². The molecule has 0 radical (unpaired) electrons. The van der Waals surface area contributed by atoms with Crippen LogP contribution in [-0.4, -0.2) is 37.5 Å². The van der Waals surface area contributed by atoms with Crippen molar-refractivity contribution in [3.05, 3.63) is 0 Å². The molecular weight excluding hydrogens is 176 g/mol. The Bertz CT molecular complexity index is 219. The van der Waals surface area contributed by atoms with Gasteiger partial charge in [-0.05, 0) is 0 Å². The van der Waals surface area contributed by atoms with Gasteiger partial charge in [0.1, 0.15) is 12.2 Å². The molecule has 2 saturated heterocycles. The highest BCUT2D eigenvalue weighted by atomic mass is 16.6. The van der Waals surface area contributed by atoms with Crippen LogP contribution in [0.15, 0.2) is 0 Å². The van der Waals surface area contributed by atoms with Gasteiger partial charge in [-0.1, -0.05) is 0 Å². The number of carbonyl (C=O) groups excluding carboxylic acids is 2. The topological polar surface area (TPSA) is 76.7 Å². The summed E-state index contributed by atoms with van der Waals surface area (Å²) in [4.78, 5) is 21.3. The summed E-state index contributed by atoms with van der Waals surface area (Å²) < 4.78 is 9.78. The first-order valence-electron chi connectivity index (χ1n) is 4.13. The summed E-state index contributed by atoms with van der Waals surface area (Å²) in [6.45, 7) is 0.986. The van der Waals surface area contributed by atoms with Gasteiger partial charge in [-0.2, -0.15) is 0 Å². The van der Waals surface area contributed by atoms with Crippen LogP contribution in [0.1, 0.15) is 6.42 Å². The molecule has 2 aliphatic rings. The summed E-state index contributed by atoms with van der Waals surface area (Å²) in [7, 11) is 0. The first-order valence-corrected chi connectivity index (χ1v) is 4.13. The van der Waals surface area contributed by atoms with E-state index in [9.17, 15) is 9.59 Å². The number of nitrogens with one attached hydrogen (secondary N) is 2. The Hall–Kier alpha value is -1.46. The van der Waals surface area contributed by atoms with Gasteiger partial charge in [-0.25, -0.2) is 9.59 Å². The van der Waals surface area contributed by atoms with E-state index in [2.05, 4.69) is 10.6 Å². The van der Waals surface area contributed by atoms with Gasteiger partial charge >= 0.3 is 12.2 Å². The summed E-state index contributed by atoms with van der Waals surface area (Å²) in [5, 5.41) is 5.07. The zero-order chi connectivity index (χ0) is 9.26. The number of hydrogen-bond acceptors (Lipinski definition) is 4. The molecule has 6 heteroatoms. The van der Waals surface area contributed by atoms with Crippen molar-refractivity contribution in [1.82, 2.24) is 10.6 Å². The van der Waals surface area contributed by atoms with E-state index < -0.39 is 12.2 Å². The molecule has 0 bridgehead atoms. The SMILES string of the molecule is O=C1NCC(CC2CNC(=O)O2)O1. The van der Waals surface area contributed by atoms with Crippen molar-refractivity contribution < 1.29 is 19.1 Å². The molecule has 2 heterocycles. The lowest BCUT2D eigenvalue weighted by Crippen LogP contribution is -2.23. The van der Waals surface area contributed by atoms with Crippen LogP contribution in [0.25, 0.3) is 0 Å². The molecule has 2 N–H and O–H groups in total. The van der Waals surface area contributed by atoms with Crippen LogP contribution < -0.4 is 10.6 Å². The van der Waals surface area contributed by atoms with Crippen molar-refractivity contribution >= 4 is 12.2 Å². The Kier molecular flexibility index (Phi) is 1.96. The fourth-order valence-corrected chi connectivity index (χ4v) is 1.42. The number of cyclic esters (lactones) is 2. The molecule has 2 amide bonds. The van der Waals surface area contributed by atoms with Crippen LogP contribution in [-0.2, 0) is 9.47 Å². The molecule has 2 fully saturated rings. The lowest BCUT2D eigenvalue weighted by molar-refractivity contribution is 0.0873. The van der Waals surface area contributed by atoms with Gasteiger partial charge in [-0.15, -0.1) is 0 Å². The van der Waals surface area contributed by atoms with E-state index in [-0.39, 0.29) is 12.2 Å². The number of alkyl carbamates (subject to hydrolysis) is 2. The molecule has 2 atom stereocenters. The Morgan fingerprint density at radius 3 is 1.85 bits per heavy atom. The molecular formula is C7H10N2O4. The molecule has 0 saturated carbocycles. The van der Waals surface area contributed by atoms with Gasteiger partial charge in [0.2, 0.25) is 0 Å². The molecule has 0 aromatic carbocycles. The normalized spacial score (nSPS) is 32.0. The van der Waals surface area contributed by atoms with Gasteiger partial charge in [0.05, 0.1) is 13.1 Å². The van der Waals surface area contributed by atoms with Crippen LogP contribution in [0, 0.1) is 0 Å². The average molecular weight is 186 g/mol. The molecule has 0 spiro atoms.